The molecule has 1 amide bonds. The summed E-state index contributed by atoms with van der Waals surface area (Å²) in [7, 11) is 0. The maximum absolute atomic E-state index is 12.8. The number of hydrogen-bond acceptors (Lipinski definition) is 3. The van der Waals surface area contributed by atoms with E-state index in [9.17, 15) is 4.79 Å². The Bertz CT molecular complexity index is 564. The van der Waals surface area contributed by atoms with Crippen LogP contribution in [0.25, 0.3) is 0 Å². The quantitative estimate of drug-likeness (QED) is 0.371. The lowest BCUT2D eigenvalue weighted by atomic mass is 9.66. The predicted molar refractivity (Wildman–Crippen MR) is 75.3 cm³/mol. The van der Waals surface area contributed by atoms with E-state index in [2.05, 4.69) is 17.3 Å². The molecule has 1 aliphatic heterocycles. The van der Waals surface area contributed by atoms with Crippen LogP contribution in [-0.2, 0) is 17.8 Å². The number of nitrogens with two attached hydrogens (primary N) is 1. The lowest BCUT2D eigenvalue weighted by Gasteiger charge is -2.43. The molecule has 5 nitrogen and oxygen atoms in total. The van der Waals surface area contributed by atoms with Crippen molar-refractivity contribution in [2.24, 2.45) is 16.3 Å². The van der Waals surface area contributed by atoms with Gasteiger partial charge in [-0.05, 0) is 30.4 Å². The standard InChI is InChI=1S/C15H19N3O2/c16-13(17-20)15(7-3-8-15)14(19)18-9-6-11-4-1-2-5-12(11)10-18/h1-2,4-5,20H,3,6-10H2,(H2,16,17). The molecule has 1 aromatic carbocycles. The second kappa shape index (κ2) is 4.81. The van der Waals surface area contributed by atoms with Crippen molar-refractivity contribution in [3.8, 4) is 0 Å². The smallest absolute Gasteiger partial charge is 0.236 e. The summed E-state index contributed by atoms with van der Waals surface area (Å²) in [5.74, 6) is 0.0705. The summed E-state index contributed by atoms with van der Waals surface area (Å²) in [6.07, 6.45) is 3.18. The third-order valence-electron chi connectivity index (χ3n) is 4.63. The van der Waals surface area contributed by atoms with E-state index in [4.69, 9.17) is 10.9 Å². The Morgan fingerprint density at radius 3 is 2.60 bits per heavy atom. The number of hydrogen-bond donors (Lipinski definition) is 2. The number of carbonyl (C=O) groups excluding carboxylic acids is 1. The summed E-state index contributed by atoms with van der Waals surface area (Å²) >= 11 is 0. The molecular weight excluding hydrogens is 254 g/mol. The fourth-order valence-electron chi connectivity index (χ4n) is 3.18. The molecule has 20 heavy (non-hydrogen) atoms. The first-order valence-electron chi connectivity index (χ1n) is 7.01. The number of amidine groups is 1. The molecule has 3 rings (SSSR count). The molecule has 0 radical (unpaired) electrons. The Hall–Kier alpha value is -2.04. The Morgan fingerprint density at radius 2 is 2.00 bits per heavy atom. The highest BCUT2D eigenvalue weighted by Gasteiger charge is 2.50. The number of fused-ring (bicyclic) bond motifs is 1. The van der Waals surface area contributed by atoms with Crippen LogP contribution in [0.2, 0.25) is 0 Å². The molecular formula is C15H19N3O2. The van der Waals surface area contributed by atoms with Gasteiger partial charge in [-0.25, -0.2) is 0 Å². The maximum atomic E-state index is 12.8. The van der Waals surface area contributed by atoms with Crippen molar-refractivity contribution < 1.29 is 10.0 Å². The van der Waals surface area contributed by atoms with Gasteiger partial charge in [-0.2, -0.15) is 0 Å². The van der Waals surface area contributed by atoms with Crippen molar-refractivity contribution in [3.63, 3.8) is 0 Å². The second-order valence-electron chi connectivity index (χ2n) is 5.67. The third-order valence-corrected chi connectivity index (χ3v) is 4.63. The lowest BCUT2D eigenvalue weighted by molar-refractivity contribution is -0.143. The van der Waals surface area contributed by atoms with Crippen LogP contribution >= 0.6 is 0 Å². The van der Waals surface area contributed by atoms with Crippen LogP contribution in [-0.4, -0.2) is 28.4 Å². The zero-order valence-corrected chi connectivity index (χ0v) is 11.4. The first-order valence-corrected chi connectivity index (χ1v) is 7.01. The number of nitrogens with zero attached hydrogens (tertiary/aromatic N) is 2. The maximum Gasteiger partial charge on any atom is 0.236 e. The summed E-state index contributed by atoms with van der Waals surface area (Å²) in [5.41, 5.74) is 7.51. The van der Waals surface area contributed by atoms with Crippen LogP contribution < -0.4 is 5.73 Å². The minimum Gasteiger partial charge on any atom is -0.409 e. The van der Waals surface area contributed by atoms with Crippen LogP contribution in [0.15, 0.2) is 29.4 Å². The van der Waals surface area contributed by atoms with Crippen molar-refractivity contribution in [1.29, 1.82) is 0 Å². The zero-order valence-electron chi connectivity index (χ0n) is 11.4. The molecule has 1 aromatic rings. The Morgan fingerprint density at radius 1 is 1.30 bits per heavy atom. The molecule has 0 aromatic heterocycles. The molecule has 106 valence electrons. The first-order chi connectivity index (χ1) is 9.67. The van der Waals surface area contributed by atoms with Gasteiger partial charge in [-0.15, -0.1) is 0 Å². The highest BCUT2D eigenvalue weighted by molar-refractivity contribution is 6.07. The van der Waals surface area contributed by atoms with Gasteiger partial charge in [0.15, 0.2) is 5.84 Å². The Balaban J connectivity index is 1.83. The lowest BCUT2D eigenvalue weighted by Crippen LogP contribution is -2.55. The Labute approximate surface area is 118 Å². The minimum absolute atomic E-state index is 0.00792. The van der Waals surface area contributed by atoms with Gasteiger partial charge < -0.3 is 15.8 Å². The topological polar surface area (TPSA) is 78.9 Å². The average Bonchev–Trinajstić information content (AvgIpc) is 2.45. The summed E-state index contributed by atoms with van der Waals surface area (Å²) in [6, 6.07) is 8.20. The Kier molecular flexibility index (Phi) is 3.12. The van der Waals surface area contributed by atoms with Gasteiger partial charge in [0.25, 0.3) is 0 Å². The van der Waals surface area contributed by atoms with Gasteiger partial charge in [-0.3, -0.25) is 4.79 Å². The van der Waals surface area contributed by atoms with Crippen LogP contribution in [0.4, 0.5) is 0 Å². The summed E-state index contributed by atoms with van der Waals surface area (Å²) < 4.78 is 0. The number of carbonyl (C=O) groups is 1. The monoisotopic (exact) mass is 273 g/mol. The van der Waals surface area contributed by atoms with Crippen LogP contribution in [0.1, 0.15) is 30.4 Å². The molecule has 1 fully saturated rings. The van der Waals surface area contributed by atoms with Gasteiger partial charge in [-0.1, -0.05) is 35.8 Å². The molecule has 0 atom stereocenters. The largest absolute Gasteiger partial charge is 0.409 e. The summed E-state index contributed by atoms with van der Waals surface area (Å²) in [5, 5.41) is 12.0. The van der Waals surface area contributed by atoms with E-state index in [1.54, 1.807) is 0 Å². The second-order valence-corrected chi connectivity index (χ2v) is 5.67. The first kappa shape index (κ1) is 13.0. The molecule has 1 heterocycles. The van der Waals surface area contributed by atoms with Gasteiger partial charge in [0.05, 0.1) is 0 Å². The number of oxime groups is 1. The molecule has 3 N–H and O–H groups in total. The predicted octanol–water partition coefficient (Wildman–Crippen LogP) is 1.49. The van der Waals surface area contributed by atoms with Gasteiger partial charge in [0, 0.05) is 13.1 Å². The number of amides is 1. The SMILES string of the molecule is N/C(=N/O)C1(C(=O)N2CCc3ccccc3C2)CCC1. The summed E-state index contributed by atoms with van der Waals surface area (Å²) in [4.78, 5) is 14.6. The van der Waals surface area contributed by atoms with E-state index in [0.717, 1.165) is 12.8 Å². The van der Waals surface area contributed by atoms with Crippen molar-refractivity contribution in [3.05, 3.63) is 35.4 Å². The van der Waals surface area contributed by atoms with Crippen molar-refractivity contribution in [1.82, 2.24) is 4.90 Å². The van der Waals surface area contributed by atoms with E-state index >= 15 is 0 Å². The van der Waals surface area contributed by atoms with Crippen molar-refractivity contribution >= 4 is 11.7 Å². The van der Waals surface area contributed by atoms with E-state index in [0.29, 0.717) is 25.9 Å². The fraction of sp³-hybridized carbons (Fsp3) is 0.467. The normalized spacial score (nSPS) is 21.0. The van der Waals surface area contributed by atoms with Gasteiger partial charge >= 0.3 is 0 Å². The number of rotatable bonds is 2. The van der Waals surface area contributed by atoms with E-state index in [-0.39, 0.29) is 11.7 Å². The summed E-state index contributed by atoms with van der Waals surface area (Å²) in [6.45, 7) is 1.33. The molecule has 1 saturated carbocycles. The highest BCUT2D eigenvalue weighted by atomic mass is 16.4. The van der Waals surface area contributed by atoms with E-state index in [1.165, 1.54) is 11.1 Å². The molecule has 0 unspecified atom stereocenters. The molecule has 2 aliphatic rings. The van der Waals surface area contributed by atoms with Crippen LogP contribution in [0.5, 0.6) is 0 Å². The third kappa shape index (κ3) is 1.85. The van der Waals surface area contributed by atoms with E-state index < -0.39 is 5.41 Å². The molecule has 5 heteroatoms. The van der Waals surface area contributed by atoms with E-state index in [1.807, 2.05) is 17.0 Å². The molecule has 1 aliphatic carbocycles. The molecule has 0 bridgehead atoms. The van der Waals surface area contributed by atoms with Crippen molar-refractivity contribution in [2.75, 3.05) is 6.54 Å². The van der Waals surface area contributed by atoms with Gasteiger partial charge in [0.2, 0.25) is 5.91 Å². The molecule has 0 spiro atoms. The molecule has 0 saturated heterocycles. The average molecular weight is 273 g/mol. The van der Waals surface area contributed by atoms with Crippen molar-refractivity contribution in [2.45, 2.75) is 32.2 Å². The van der Waals surface area contributed by atoms with Gasteiger partial charge in [0.1, 0.15) is 5.41 Å². The minimum atomic E-state index is -0.763. The van der Waals surface area contributed by atoms with Crippen LogP contribution in [0, 0.1) is 5.41 Å². The highest BCUT2D eigenvalue weighted by Crippen LogP contribution is 2.43. The zero-order chi connectivity index (χ0) is 14.2. The van der Waals surface area contributed by atoms with Crippen LogP contribution in [0.3, 0.4) is 0 Å². The number of benzene rings is 1. The fourth-order valence-corrected chi connectivity index (χ4v) is 3.18.